The number of nitrogens with one attached hydrogen (secondary N) is 1. The van der Waals surface area contributed by atoms with Gasteiger partial charge in [0.15, 0.2) is 0 Å². The van der Waals surface area contributed by atoms with Crippen molar-refractivity contribution in [3.63, 3.8) is 0 Å². The number of hydrogen-bond donors (Lipinski definition) is 1. The summed E-state index contributed by atoms with van der Waals surface area (Å²) in [4.78, 5) is 13.2. The smallest absolute Gasteiger partial charge is 0.226 e. The van der Waals surface area contributed by atoms with Gasteiger partial charge in [0.25, 0.3) is 0 Å². The maximum absolute atomic E-state index is 12.0. The molecule has 112 valence electrons. The molecule has 1 aromatic heterocycles. The van der Waals surface area contributed by atoms with Gasteiger partial charge in [-0.3, -0.25) is 4.79 Å². The quantitative estimate of drug-likeness (QED) is 0.829. The number of nitrogens with zero attached hydrogens (tertiary/aromatic N) is 2. The summed E-state index contributed by atoms with van der Waals surface area (Å²) in [6.07, 6.45) is 0.493. The molecule has 0 atom stereocenters. The molecule has 0 aliphatic carbocycles. The Morgan fingerprint density at radius 1 is 1.29 bits per heavy atom. The minimum atomic E-state index is 0.0317. The van der Waals surface area contributed by atoms with Gasteiger partial charge in [-0.25, -0.2) is 4.68 Å². The summed E-state index contributed by atoms with van der Waals surface area (Å²) >= 11 is 1.70. The third kappa shape index (κ3) is 4.63. The van der Waals surface area contributed by atoms with Crippen LogP contribution in [0.15, 0.2) is 35.2 Å². The first-order chi connectivity index (χ1) is 10.1. The molecule has 1 amide bonds. The Morgan fingerprint density at radius 2 is 2.00 bits per heavy atom. The number of anilines is 1. The van der Waals surface area contributed by atoms with E-state index >= 15 is 0 Å². The summed E-state index contributed by atoms with van der Waals surface area (Å²) in [5, 5.41) is 7.24. The summed E-state index contributed by atoms with van der Waals surface area (Å²) in [7, 11) is 0. The van der Waals surface area contributed by atoms with Gasteiger partial charge in [-0.15, -0.1) is 11.8 Å². The van der Waals surface area contributed by atoms with Gasteiger partial charge in [-0.1, -0.05) is 17.7 Å². The van der Waals surface area contributed by atoms with E-state index < -0.39 is 0 Å². The van der Waals surface area contributed by atoms with Gasteiger partial charge in [-0.2, -0.15) is 5.10 Å². The third-order valence-corrected chi connectivity index (χ3v) is 4.10. The second-order valence-corrected chi connectivity index (χ2v) is 6.11. The minimum absolute atomic E-state index is 0.0317. The van der Waals surface area contributed by atoms with E-state index in [1.807, 2.05) is 19.9 Å². The van der Waals surface area contributed by atoms with E-state index in [4.69, 9.17) is 0 Å². The number of thioether (sulfide) groups is 1. The topological polar surface area (TPSA) is 46.9 Å². The first kappa shape index (κ1) is 15.6. The number of rotatable bonds is 6. The highest BCUT2D eigenvalue weighted by Gasteiger charge is 2.08. The van der Waals surface area contributed by atoms with Crippen LogP contribution >= 0.6 is 11.8 Å². The Labute approximate surface area is 129 Å². The van der Waals surface area contributed by atoms with E-state index in [0.29, 0.717) is 6.42 Å². The molecule has 5 heteroatoms. The van der Waals surface area contributed by atoms with E-state index in [1.165, 1.54) is 10.5 Å². The van der Waals surface area contributed by atoms with Crippen molar-refractivity contribution in [2.75, 3.05) is 11.1 Å². The molecular formula is C16H21N3OS. The van der Waals surface area contributed by atoms with Crippen LogP contribution in [0.5, 0.6) is 0 Å². The maximum Gasteiger partial charge on any atom is 0.226 e. The monoisotopic (exact) mass is 303 g/mol. The fraction of sp³-hybridized carbons (Fsp3) is 0.375. The molecular weight excluding hydrogens is 282 g/mol. The van der Waals surface area contributed by atoms with Crippen molar-refractivity contribution in [3.8, 4) is 0 Å². The molecule has 0 radical (unpaired) electrons. The van der Waals surface area contributed by atoms with Crippen LogP contribution in [-0.4, -0.2) is 21.4 Å². The lowest BCUT2D eigenvalue weighted by Crippen LogP contribution is -2.15. The van der Waals surface area contributed by atoms with Crippen LogP contribution < -0.4 is 5.32 Å². The lowest BCUT2D eigenvalue weighted by atomic mass is 10.2. The molecule has 1 aromatic carbocycles. The van der Waals surface area contributed by atoms with E-state index in [1.54, 1.807) is 16.4 Å². The summed E-state index contributed by atoms with van der Waals surface area (Å²) < 4.78 is 1.81. The molecule has 0 saturated heterocycles. The lowest BCUT2D eigenvalue weighted by molar-refractivity contribution is -0.115. The highest BCUT2D eigenvalue weighted by molar-refractivity contribution is 7.99. The molecule has 0 spiro atoms. The molecule has 0 fully saturated rings. The Kier molecular flexibility index (Phi) is 5.44. The van der Waals surface area contributed by atoms with Gasteiger partial charge in [0.1, 0.15) is 5.82 Å². The average molecular weight is 303 g/mol. The number of carbonyl (C=O) groups is 1. The molecule has 0 saturated carbocycles. The number of amides is 1. The van der Waals surface area contributed by atoms with Crippen molar-refractivity contribution in [2.45, 2.75) is 38.6 Å². The van der Waals surface area contributed by atoms with E-state index in [2.05, 4.69) is 41.6 Å². The number of benzene rings is 1. The van der Waals surface area contributed by atoms with E-state index in [0.717, 1.165) is 23.8 Å². The van der Waals surface area contributed by atoms with Crippen LogP contribution in [0.2, 0.25) is 0 Å². The molecule has 1 N–H and O–H groups in total. The molecule has 0 bridgehead atoms. The average Bonchev–Trinajstić information content (AvgIpc) is 2.81. The molecule has 0 aliphatic heterocycles. The van der Waals surface area contributed by atoms with Crippen LogP contribution in [0, 0.1) is 13.8 Å². The minimum Gasteiger partial charge on any atom is -0.311 e. The van der Waals surface area contributed by atoms with Gasteiger partial charge >= 0.3 is 0 Å². The molecule has 0 aliphatic rings. The molecule has 21 heavy (non-hydrogen) atoms. The zero-order chi connectivity index (χ0) is 15.2. The van der Waals surface area contributed by atoms with Crippen LogP contribution in [0.1, 0.15) is 24.6 Å². The van der Waals surface area contributed by atoms with Gasteiger partial charge < -0.3 is 5.32 Å². The van der Waals surface area contributed by atoms with Gasteiger partial charge in [0, 0.05) is 29.7 Å². The van der Waals surface area contributed by atoms with Gasteiger partial charge in [-0.05, 0) is 32.9 Å². The van der Waals surface area contributed by atoms with Gasteiger partial charge in [0.2, 0.25) is 5.91 Å². The fourth-order valence-electron chi connectivity index (χ4n) is 1.99. The largest absolute Gasteiger partial charge is 0.311 e. The molecule has 2 aromatic rings. The summed E-state index contributed by atoms with van der Waals surface area (Å²) in [5.41, 5.74) is 2.17. The fourth-order valence-corrected chi connectivity index (χ4v) is 2.84. The third-order valence-electron chi connectivity index (χ3n) is 3.09. The highest BCUT2D eigenvalue weighted by atomic mass is 32.2. The van der Waals surface area contributed by atoms with Gasteiger partial charge in [0.05, 0.1) is 5.69 Å². The van der Waals surface area contributed by atoms with Crippen LogP contribution in [0.4, 0.5) is 5.82 Å². The Hall–Kier alpha value is -1.75. The van der Waals surface area contributed by atoms with Crippen molar-refractivity contribution in [3.05, 3.63) is 41.6 Å². The number of carbonyl (C=O) groups excluding carboxylic acids is 1. The zero-order valence-electron chi connectivity index (χ0n) is 12.7. The van der Waals surface area contributed by atoms with Crippen molar-refractivity contribution < 1.29 is 4.79 Å². The van der Waals surface area contributed by atoms with E-state index in [9.17, 15) is 4.79 Å². The molecule has 2 rings (SSSR count). The standard InChI is InChI=1S/C16H21N3OS/c1-4-19-15(11-13(3)18-19)17-16(20)9-10-21-14-7-5-12(2)6-8-14/h5-8,11H,4,9-10H2,1-3H3,(H,17,20). The number of aryl methyl sites for hydroxylation is 3. The lowest BCUT2D eigenvalue weighted by Gasteiger charge is -2.07. The van der Waals surface area contributed by atoms with Crippen molar-refractivity contribution in [1.82, 2.24) is 9.78 Å². The SMILES string of the molecule is CCn1nc(C)cc1NC(=O)CCSc1ccc(C)cc1. The first-order valence-electron chi connectivity index (χ1n) is 7.12. The zero-order valence-corrected chi connectivity index (χ0v) is 13.5. The Balaban J connectivity index is 1.80. The van der Waals surface area contributed by atoms with Crippen molar-refractivity contribution in [1.29, 1.82) is 0 Å². The molecule has 0 unspecified atom stereocenters. The second kappa shape index (κ2) is 7.31. The number of hydrogen-bond acceptors (Lipinski definition) is 3. The molecule has 1 heterocycles. The van der Waals surface area contributed by atoms with Crippen LogP contribution in [0.3, 0.4) is 0 Å². The summed E-state index contributed by atoms with van der Waals surface area (Å²) in [6.45, 7) is 6.76. The first-order valence-corrected chi connectivity index (χ1v) is 8.11. The normalized spacial score (nSPS) is 10.6. The predicted molar refractivity (Wildman–Crippen MR) is 87.8 cm³/mol. The second-order valence-electron chi connectivity index (χ2n) is 4.95. The van der Waals surface area contributed by atoms with Crippen molar-refractivity contribution >= 4 is 23.5 Å². The predicted octanol–water partition coefficient (Wildman–Crippen LogP) is 3.64. The summed E-state index contributed by atoms with van der Waals surface area (Å²) in [6, 6.07) is 10.3. The Morgan fingerprint density at radius 3 is 2.67 bits per heavy atom. The van der Waals surface area contributed by atoms with E-state index in [-0.39, 0.29) is 5.91 Å². The molecule has 4 nitrogen and oxygen atoms in total. The van der Waals surface area contributed by atoms with Crippen molar-refractivity contribution in [2.24, 2.45) is 0 Å². The summed E-state index contributed by atoms with van der Waals surface area (Å²) in [5.74, 6) is 1.58. The maximum atomic E-state index is 12.0. The van der Waals surface area contributed by atoms with Crippen LogP contribution in [-0.2, 0) is 11.3 Å². The Bertz CT molecular complexity index is 604. The highest BCUT2D eigenvalue weighted by Crippen LogP contribution is 2.19. The number of aromatic nitrogens is 2. The van der Waals surface area contributed by atoms with Crippen LogP contribution in [0.25, 0.3) is 0 Å².